The van der Waals surface area contributed by atoms with Gasteiger partial charge in [0, 0.05) is 16.5 Å². The van der Waals surface area contributed by atoms with Gasteiger partial charge >= 0.3 is 0 Å². The van der Waals surface area contributed by atoms with Crippen LogP contribution in [0.25, 0.3) is 0 Å². The highest BCUT2D eigenvalue weighted by Crippen LogP contribution is 2.65. The molecule has 132 valence electrons. The van der Waals surface area contributed by atoms with Crippen molar-refractivity contribution in [2.75, 3.05) is 6.61 Å². The molecule has 1 aromatic rings. The van der Waals surface area contributed by atoms with Crippen molar-refractivity contribution in [3.8, 4) is 0 Å². The Bertz CT molecular complexity index is 587. The van der Waals surface area contributed by atoms with E-state index in [0.29, 0.717) is 18.9 Å². The van der Waals surface area contributed by atoms with Crippen LogP contribution < -0.4 is 0 Å². The van der Waals surface area contributed by atoms with Gasteiger partial charge in [0.1, 0.15) is 0 Å². The lowest BCUT2D eigenvalue weighted by Crippen LogP contribution is -2.62. The van der Waals surface area contributed by atoms with Gasteiger partial charge in [0.2, 0.25) is 0 Å². The van der Waals surface area contributed by atoms with E-state index in [1.165, 1.54) is 18.4 Å². The highest BCUT2D eigenvalue weighted by Gasteiger charge is 2.63. The molecule has 3 rings (SSSR count). The summed E-state index contributed by atoms with van der Waals surface area (Å²) in [5, 5.41) is 11.4. The Morgan fingerprint density at radius 2 is 2.12 bits per heavy atom. The molecule has 0 aliphatic heterocycles. The summed E-state index contributed by atoms with van der Waals surface area (Å²) in [5.74, 6) is 0.364. The molecule has 2 nitrogen and oxygen atoms in total. The van der Waals surface area contributed by atoms with E-state index in [4.69, 9.17) is 4.74 Å². The number of rotatable bonds is 6. The van der Waals surface area contributed by atoms with Crippen LogP contribution in [0.3, 0.4) is 0 Å². The lowest BCUT2D eigenvalue weighted by molar-refractivity contribution is -0.231. The summed E-state index contributed by atoms with van der Waals surface area (Å²) in [6.45, 7) is 6.64. The van der Waals surface area contributed by atoms with Gasteiger partial charge in [-0.2, -0.15) is 0 Å². The average molecular weight is 393 g/mol. The van der Waals surface area contributed by atoms with Gasteiger partial charge in [0.25, 0.3) is 0 Å². The highest BCUT2D eigenvalue weighted by molar-refractivity contribution is 9.10. The van der Waals surface area contributed by atoms with Gasteiger partial charge in [-0.1, -0.05) is 53.0 Å². The molecular formula is C21H29BrO2. The molecule has 2 fully saturated rings. The minimum absolute atomic E-state index is 0.0193. The van der Waals surface area contributed by atoms with Crippen LogP contribution >= 0.6 is 15.9 Å². The van der Waals surface area contributed by atoms with Crippen molar-refractivity contribution in [3.63, 3.8) is 0 Å². The molecule has 0 bridgehead atoms. The lowest BCUT2D eigenvalue weighted by atomic mass is 9.45. The summed E-state index contributed by atoms with van der Waals surface area (Å²) in [5.41, 5.74) is 0.601. The van der Waals surface area contributed by atoms with Crippen LogP contribution in [-0.4, -0.2) is 17.3 Å². The van der Waals surface area contributed by atoms with E-state index < -0.39 is 5.60 Å². The quantitative estimate of drug-likeness (QED) is 0.619. The average Bonchev–Trinajstić information content (AvgIpc) is 2.60. The highest BCUT2D eigenvalue weighted by atomic mass is 79.9. The van der Waals surface area contributed by atoms with Crippen molar-refractivity contribution in [3.05, 3.63) is 47.0 Å². The molecule has 3 heteroatoms. The van der Waals surface area contributed by atoms with E-state index in [0.717, 1.165) is 30.2 Å². The number of halogens is 1. The van der Waals surface area contributed by atoms with Crippen LogP contribution in [0.2, 0.25) is 0 Å². The summed E-state index contributed by atoms with van der Waals surface area (Å²) < 4.78 is 7.39. The molecule has 1 spiro atoms. The second-order valence-corrected chi connectivity index (χ2v) is 8.28. The summed E-state index contributed by atoms with van der Waals surface area (Å²) in [4.78, 5) is 0. The molecule has 0 unspecified atom stereocenters. The van der Waals surface area contributed by atoms with E-state index >= 15 is 0 Å². The van der Waals surface area contributed by atoms with Crippen molar-refractivity contribution >= 4 is 15.9 Å². The molecule has 2 saturated carbocycles. The number of ether oxygens (including phenoxy) is 1. The fourth-order valence-corrected chi connectivity index (χ4v) is 5.69. The Labute approximate surface area is 154 Å². The molecule has 0 heterocycles. The summed E-state index contributed by atoms with van der Waals surface area (Å²) in [7, 11) is 0. The van der Waals surface area contributed by atoms with E-state index in [1.54, 1.807) is 0 Å². The molecule has 0 amide bonds. The third-order valence-corrected chi connectivity index (χ3v) is 7.14. The van der Waals surface area contributed by atoms with Crippen LogP contribution in [0.15, 0.2) is 41.4 Å². The second-order valence-electron chi connectivity index (χ2n) is 7.43. The van der Waals surface area contributed by atoms with E-state index in [2.05, 4.69) is 47.6 Å². The molecule has 24 heavy (non-hydrogen) atoms. The predicted octanol–water partition coefficient (Wildman–Crippen LogP) is 5.80. The van der Waals surface area contributed by atoms with Gasteiger partial charge in [-0.15, -0.1) is 6.58 Å². The van der Waals surface area contributed by atoms with Crippen LogP contribution in [-0.2, 0) is 4.74 Å². The molecule has 0 radical (unpaired) electrons. The second kappa shape index (κ2) is 7.31. The molecular weight excluding hydrogens is 364 g/mol. The number of hydrogen-bond acceptors (Lipinski definition) is 2. The van der Waals surface area contributed by atoms with Crippen molar-refractivity contribution in [2.45, 2.75) is 63.6 Å². The minimum Gasteiger partial charge on any atom is -0.389 e. The molecule has 1 aromatic carbocycles. The first-order valence-corrected chi connectivity index (χ1v) is 10.1. The summed E-state index contributed by atoms with van der Waals surface area (Å²) in [6, 6.07) is 8.38. The third-order valence-electron chi connectivity index (χ3n) is 6.41. The summed E-state index contributed by atoms with van der Waals surface area (Å²) in [6.07, 6.45) is 9.30. The smallest absolute Gasteiger partial charge is 0.0870 e. The SMILES string of the molecule is C=CC[C@]1(O)CC[C@]12CCCC[C@@H]2[C@H](OCC)c1ccccc1Br. The monoisotopic (exact) mass is 392 g/mol. The topological polar surface area (TPSA) is 29.5 Å². The Balaban J connectivity index is 1.99. The molecule has 2 aliphatic carbocycles. The zero-order valence-corrected chi connectivity index (χ0v) is 16.2. The fourth-order valence-electron chi connectivity index (χ4n) is 5.18. The van der Waals surface area contributed by atoms with Gasteiger partial charge in [-0.3, -0.25) is 0 Å². The first-order valence-electron chi connectivity index (χ1n) is 9.27. The van der Waals surface area contributed by atoms with E-state index in [1.807, 2.05) is 12.1 Å². The predicted molar refractivity (Wildman–Crippen MR) is 102 cm³/mol. The maximum Gasteiger partial charge on any atom is 0.0870 e. The molecule has 1 N–H and O–H groups in total. The van der Waals surface area contributed by atoms with Crippen LogP contribution in [0.1, 0.15) is 63.5 Å². The molecule has 0 saturated heterocycles. The Kier molecular flexibility index (Phi) is 5.53. The number of benzene rings is 1. The van der Waals surface area contributed by atoms with Crippen molar-refractivity contribution in [1.29, 1.82) is 0 Å². The van der Waals surface area contributed by atoms with Gasteiger partial charge in [0.05, 0.1) is 11.7 Å². The largest absolute Gasteiger partial charge is 0.389 e. The lowest BCUT2D eigenvalue weighted by Gasteiger charge is -2.63. The standard InChI is InChI=1S/C21H29BrO2/c1-3-12-21(23)15-14-20(21)13-8-7-10-17(20)19(24-4-2)16-9-5-6-11-18(16)22/h3,5-6,9,11,17,19,23H,1,4,7-8,10,12-15H2,2H3/t17-,19-,20+,21+/m1/s1. The van der Waals surface area contributed by atoms with Crippen molar-refractivity contribution in [2.24, 2.45) is 11.3 Å². The van der Waals surface area contributed by atoms with Crippen LogP contribution in [0, 0.1) is 11.3 Å². The van der Waals surface area contributed by atoms with Crippen molar-refractivity contribution in [1.82, 2.24) is 0 Å². The number of hydrogen-bond donors (Lipinski definition) is 1. The maximum atomic E-state index is 11.4. The number of aliphatic hydroxyl groups is 1. The molecule has 2 aliphatic rings. The van der Waals surface area contributed by atoms with Crippen LogP contribution in [0.4, 0.5) is 0 Å². The van der Waals surface area contributed by atoms with Gasteiger partial charge < -0.3 is 9.84 Å². The zero-order valence-electron chi connectivity index (χ0n) is 14.6. The Hall–Kier alpha value is -0.640. The van der Waals surface area contributed by atoms with Crippen LogP contribution in [0.5, 0.6) is 0 Å². The fraction of sp³-hybridized carbons (Fsp3) is 0.619. The maximum absolute atomic E-state index is 11.4. The van der Waals surface area contributed by atoms with E-state index in [-0.39, 0.29) is 11.5 Å². The minimum atomic E-state index is -0.601. The van der Waals surface area contributed by atoms with E-state index in [9.17, 15) is 5.11 Å². The third kappa shape index (κ3) is 2.89. The first-order chi connectivity index (χ1) is 11.6. The first kappa shape index (κ1) is 18.2. The summed E-state index contributed by atoms with van der Waals surface area (Å²) >= 11 is 3.71. The zero-order chi connectivity index (χ0) is 17.2. The molecule has 0 aromatic heterocycles. The van der Waals surface area contributed by atoms with Crippen molar-refractivity contribution < 1.29 is 9.84 Å². The molecule has 4 atom stereocenters. The Morgan fingerprint density at radius 3 is 2.75 bits per heavy atom. The normalized spacial score (nSPS) is 33.9. The van der Waals surface area contributed by atoms with Gasteiger partial charge in [0.15, 0.2) is 0 Å². The van der Waals surface area contributed by atoms with Gasteiger partial charge in [-0.05, 0) is 56.6 Å². The Morgan fingerprint density at radius 1 is 1.33 bits per heavy atom. The van der Waals surface area contributed by atoms with Gasteiger partial charge in [-0.25, -0.2) is 0 Å².